The van der Waals surface area contributed by atoms with Gasteiger partial charge in [0, 0.05) is 10.6 Å². The van der Waals surface area contributed by atoms with Crippen molar-refractivity contribution < 1.29 is 9.18 Å². The molecule has 0 bridgehead atoms. The van der Waals surface area contributed by atoms with Crippen LogP contribution >= 0.6 is 22.7 Å². The molecule has 1 aromatic carbocycles. The van der Waals surface area contributed by atoms with Crippen LogP contribution in [0.5, 0.6) is 0 Å². The molecule has 1 N–H and O–H groups in total. The molecular formula is C13H9FN2OS2. The van der Waals surface area contributed by atoms with E-state index in [1.165, 1.54) is 40.5 Å². The van der Waals surface area contributed by atoms with Crippen LogP contribution in [-0.2, 0) is 0 Å². The molecule has 0 unspecified atom stereocenters. The van der Waals surface area contributed by atoms with Crippen molar-refractivity contribution in [3.63, 3.8) is 0 Å². The number of thiazole rings is 1. The molecule has 6 heteroatoms. The number of rotatable bonds is 2. The van der Waals surface area contributed by atoms with Gasteiger partial charge in [0.05, 0.1) is 4.70 Å². The zero-order chi connectivity index (χ0) is 13.4. The molecule has 0 atom stereocenters. The molecule has 0 spiro atoms. The van der Waals surface area contributed by atoms with Crippen molar-refractivity contribution in [1.29, 1.82) is 0 Å². The maximum Gasteiger partial charge on any atom is 0.284 e. The smallest absolute Gasteiger partial charge is 0.284 e. The van der Waals surface area contributed by atoms with E-state index in [-0.39, 0.29) is 11.7 Å². The summed E-state index contributed by atoms with van der Waals surface area (Å²) < 4.78 is 13.8. The minimum Gasteiger partial charge on any atom is -0.320 e. The number of nitrogens with one attached hydrogen (secondary N) is 1. The van der Waals surface area contributed by atoms with Crippen LogP contribution in [0.4, 0.5) is 10.1 Å². The molecule has 19 heavy (non-hydrogen) atoms. The van der Waals surface area contributed by atoms with E-state index in [4.69, 9.17) is 0 Å². The van der Waals surface area contributed by atoms with Crippen LogP contribution in [0.25, 0.3) is 9.53 Å². The Morgan fingerprint density at radius 1 is 1.26 bits per heavy atom. The molecule has 0 fully saturated rings. The number of nitrogens with zero attached hydrogens (tertiary/aromatic N) is 1. The summed E-state index contributed by atoms with van der Waals surface area (Å²) >= 11 is 2.93. The Labute approximate surface area is 116 Å². The molecule has 0 aliphatic heterocycles. The number of anilines is 1. The fraction of sp³-hybridized carbons (Fsp3) is 0.0769. The fourth-order valence-electron chi connectivity index (χ4n) is 1.66. The largest absolute Gasteiger partial charge is 0.320 e. The van der Waals surface area contributed by atoms with Gasteiger partial charge in [-0.2, -0.15) is 0 Å². The normalized spacial score (nSPS) is 10.8. The topological polar surface area (TPSA) is 42.0 Å². The zero-order valence-corrected chi connectivity index (χ0v) is 11.6. The Balaban J connectivity index is 1.83. The molecule has 0 aliphatic carbocycles. The highest BCUT2D eigenvalue weighted by atomic mass is 32.1. The summed E-state index contributed by atoms with van der Waals surface area (Å²) in [5.41, 5.74) is 0.557. The van der Waals surface area contributed by atoms with Gasteiger partial charge in [0.15, 0.2) is 5.01 Å². The number of carbonyl (C=O) groups is 1. The Hall–Kier alpha value is -1.79. The van der Waals surface area contributed by atoms with Crippen molar-refractivity contribution in [2.75, 3.05) is 5.32 Å². The van der Waals surface area contributed by atoms with Crippen LogP contribution in [0.3, 0.4) is 0 Å². The standard InChI is InChI=1S/C13H9FN2OS2/c1-7-6-10-12(18-7)16-13(19-10)11(17)15-9-4-2-8(14)3-5-9/h2-6H,1H3,(H,15,17). The van der Waals surface area contributed by atoms with Gasteiger partial charge >= 0.3 is 0 Å². The number of aromatic nitrogens is 1. The summed E-state index contributed by atoms with van der Waals surface area (Å²) in [6.07, 6.45) is 0. The number of benzene rings is 1. The molecule has 2 aromatic heterocycles. The number of carbonyl (C=O) groups excluding carboxylic acids is 1. The average Bonchev–Trinajstić information content (AvgIpc) is 2.89. The summed E-state index contributed by atoms with van der Waals surface area (Å²) in [7, 11) is 0. The number of aryl methyl sites for hydroxylation is 1. The number of amides is 1. The second-order valence-corrected chi connectivity index (χ2v) is 6.27. The van der Waals surface area contributed by atoms with Crippen LogP contribution in [0.1, 0.15) is 14.7 Å². The maximum atomic E-state index is 12.8. The molecule has 96 valence electrons. The first-order valence-corrected chi connectivity index (χ1v) is 7.19. The zero-order valence-electron chi connectivity index (χ0n) is 9.94. The fourth-order valence-corrected chi connectivity index (χ4v) is 3.68. The van der Waals surface area contributed by atoms with Crippen LogP contribution in [0, 0.1) is 12.7 Å². The monoisotopic (exact) mass is 292 g/mol. The van der Waals surface area contributed by atoms with E-state index in [9.17, 15) is 9.18 Å². The van der Waals surface area contributed by atoms with Gasteiger partial charge < -0.3 is 5.32 Å². The second kappa shape index (κ2) is 4.71. The minimum atomic E-state index is -0.330. The average molecular weight is 292 g/mol. The van der Waals surface area contributed by atoms with Gasteiger partial charge in [0.1, 0.15) is 10.6 Å². The van der Waals surface area contributed by atoms with Crippen LogP contribution in [-0.4, -0.2) is 10.9 Å². The van der Waals surface area contributed by atoms with Gasteiger partial charge in [-0.05, 0) is 37.3 Å². The number of thiophene rings is 1. The van der Waals surface area contributed by atoms with Crippen molar-refractivity contribution in [1.82, 2.24) is 4.98 Å². The SMILES string of the molecule is Cc1cc2sc(C(=O)Nc3ccc(F)cc3)nc2s1. The third kappa shape index (κ3) is 2.50. The molecule has 3 nitrogen and oxygen atoms in total. The first-order chi connectivity index (χ1) is 9.11. The molecule has 1 amide bonds. The van der Waals surface area contributed by atoms with E-state index in [0.717, 1.165) is 9.53 Å². The van der Waals surface area contributed by atoms with Crippen LogP contribution in [0.15, 0.2) is 30.3 Å². The minimum absolute atomic E-state index is 0.266. The molecule has 2 heterocycles. The van der Waals surface area contributed by atoms with E-state index >= 15 is 0 Å². The van der Waals surface area contributed by atoms with E-state index < -0.39 is 0 Å². The highest BCUT2D eigenvalue weighted by Gasteiger charge is 2.14. The Kier molecular flexibility index (Phi) is 3.04. The van der Waals surface area contributed by atoms with Crippen molar-refractivity contribution in [3.05, 3.63) is 46.0 Å². The van der Waals surface area contributed by atoms with Gasteiger partial charge in [-0.15, -0.1) is 22.7 Å². The molecule has 0 saturated carbocycles. The number of fused-ring (bicyclic) bond motifs is 1. The maximum absolute atomic E-state index is 12.8. The Bertz CT molecular complexity index is 714. The van der Waals surface area contributed by atoms with Crippen molar-refractivity contribution in [3.8, 4) is 0 Å². The summed E-state index contributed by atoms with van der Waals surface area (Å²) in [6.45, 7) is 2.01. The van der Waals surface area contributed by atoms with Gasteiger partial charge in [-0.3, -0.25) is 4.79 Å². The van der Waals surface area contributed by atoms with E-state index in [0.29, 0.717) is 10.7 Å². The predicted molar refractivity (Wildman–Crippen MR) is 76.6 cm³/mol. The first-order valence-electron chi connectivity index (χ1n) is 5.56. The third-order valence-electron chi connectivity index (χ3n) is 2.51. The molecular weight excluding hydrogens is 283 g/mol. The molecule has 0 saturated heterocycles. The summed E-state index contributed by atoms with van der Waals surface area (Å²) in [4.78, 5) is 18.4. The lowest BCUT2D eigenvalue weighted by atomic mass is 10.3. The summed E-state index contributed by atoms with van der Waals surface area (Å²) in [6, 6.07) is 7.67. The van der Waals surface area contributed by atoms with Crippen molar-refractivity contribution in [2.45, 2.75) is 6.92 Å². The van der Waals surface area contributed by atoms with E-state index in [2.05, 4.69) is 10.3 Å². The predicted octanol–water partition coefficient (Wildman–Crippen LogP) is 4.06. The van der Waals surface area contributed by atoms with E-state index in [1.54, 1.807) is 11.3 Å². The second-order valence-electron chi connectivity index (χ2n) is 4.01. The van der Waals surface area contributed by atoms with Crippen molar-refractivity contribution in [2.24, 2.45) is 0 Å². The molecule has 0 radical (unpaired) electrons. The Morgan fingerprint density at radius 3 is 2.68 bits per heavy atom. The van der Waals surface area contributed by atoms with Gasteiger partial charge in [0.25, 0.3) is 5.91 Å². The summed E-state index contributed by atoms with van der Waals surface area (Å²) in [5.74, 6) is -0.596. The molecule has 3 rings (SSSR count). The van der Waals surface area contributed by atoms with Crippen LogP contribution < -0.4 is 5.32 Å². The van der Waals surface area contributed by atoms with E-state index in [1.807, 2.05) is 13.0 Å². The van der Waals surface area contributed by atoms with Gasteiger partial charge in [-0.1, -0.05) is 0 Å². The molecule has 0 aliphatic rings. The lowest BCUT2D eigenvalue weighted by Gasteiger charge is -2.01. The lowest BCUT2D eigenvalue weighted by Crippen LogP contribution is -2.11. The first kappa shape index (κ1) is 12.3. The van der Waals surface area contributed by atoms with Crippen molar-refractivity contribution >= 4 is 43.8 Å². The highest BCUT2D eigenvalue weighted by molar-refractivity contribution is 7.27. The lowest BCUT2D eigenvalue weighted by molar-refractivity contribution is 0.102. The summed E-state index contributed by atoms with van der Waals surface area (Å²) in [5, 5.41) is 3.12. The van der Waals surface area contributed by atoms with Gasteiger partial charge in [0.2, 0.25) is 0 Å². The number of hydrogen-bond donors (Lipinski definition) is 1. The quantitative estimate of drug-likeness (QED) is 0.774. The third-order valence-corrected chi connectivity index (χ3v) is 4.58. The highest BCUT2D eigenvalue weighted by Crippen LogP contribution is 2.30. The number of hydrogen-bond acceptors (Lipinski definition) is 4. The van der Waals surface area contributed by atoms with Crippen LogP contribution in [0.2, 0.25) is 0 Å². The molecule has 3 aromatic rings. The number of halogens is 1. The Morgan fingerprint density at radius 2 is 2.00 bits per heavy atom. The van der Waals surface area contributed by atoms with Gasteiger partial charge in [-0.25, -0.2) is 9.37 Å².